The fourth-order valence-electron chi connectivity index (χ4n) is 2.21. The van der Waals surface area contributed by atoms with E-state index >= 15 is 0 Å². The van der Waals surface area contributed by atoms with Gasteiger partial charge in [0.2, 0.25) is 0 Å². The van der Waals surface area contributed by atoms with Gasteiger partial charge in [-0.25, -0.2) is 0 Å². The van der Waals surface area contributed by atoms with Crippen LogP contribution in [0.4, 0.5) is 13.2 Å². The molecule has 0 fully saturated rings. The van der Waals surface area contributed by atoms with Crippen LogP contribution in [0.1, 0.15) is 42.6 Å². The van der Waals surface area contributed by atoms with Gasteiger partial charge in [0.05, 0.1) is 10.6 Å². The Morgan fingerprint density at radius 1 is 1.35 bits per heavy atom. The molecule has 0 spiro atoms. The Kier molecular flexibility index (Phi) is 5.57. The predicted molar refractivity (Wildman–Crippen MR) is 86.8 cm³/mol. The second kappa shape index (κ2) is 7.25. The number of benzene rings is 1. The van der Waals surface area contributed by atoms with Gasteiger partial charge in [-0.2, -0.15) is 13.2 Å². The maximum absolute atomic E-state index is 12.7. The molecule has 23 heavy (non-hydrogen) atoms. The number of nitrogens with zero attached hydrogens (tertiary/aromatic N) is 1. The number of allylic oxidation sites excluding steroid dienone is 2. The molecule has 1 aliphatic rings. The molecular weight excluding hydrogens is 323 g/mol. The zero-order valence-corrected chi connectivity index (χ0v) is 13.8. The van der Waals surface area contributed by atoms with Crippen LogP contribution in [-0.4, -0.2) is 17.2 Å². The van der Waals surface area contributed by atoms with Crippen molar-refractivity contribution in [3.63, 3.8) is 0 Å². The summed E-state index contributed by atoms with van der Waals surface area (Å²) in [4.78, 5) is 14.3. The Bertz CT molecular complexity index is 649. The molecule has 0 saturated heterocycles. The lowest BCUT2D eigenvalue weighted by molar-refractivity contribution is -0.137. The van der Waals surface area contributed by atoms with Gasteiger partial charge in [-0.15, -0.1) is 0 Å². The highest BCUT2D eigenvalue weighted by Gasteiger charge is 2.30. The van der Waals surface area contributed by atoms with E-state index < -0.39 is 17.5 Å². The fraction of sp³-hybridized carbons (Fsp3) is 0.353. The van der Waals surface area contributed by atoms with E-state index in [1.807, 2.05) is 17.2 Å². The Morgan fingerprint density at radius 2 is 2.09 bits per heavy atom. The standard InChI is InChI=1S/C17H18F3NOS/c1-3-4-8-21-12(2)11-23-16(21)10-15(22)13-6-5-7-14(9-13)17(18,19)20/h5-7,9-11H,3-4,8H2,1-2H3/b16-10-. The fourth-order valence-corrected chi connectivity index (χ4v) is 3.16. The number of unbranched alkanes of at least 4 members (excludes halogenated alkanes) is 1. The normalized spacial score (nSPS) is 16.8. The first-order valence-corrected chi connectivity index (χ1v) is 8.25. The Labute approximate surface area is 138 Å². The summed E-state index contributed by atoms with van der Waals surface area (Å²) in [6.45, 7) is 4.84. The van der Waals surface area contributed by atoms with Crippen LogP contribution >= 0.6 is 11.8 Å². The van der Waals surface area contributed by atoms with Gasteiger partial charge in [0.1, 0.15) is 0 Å². The lowest BCUT2D eigenvalue weighted by Crippen LogP contribution is -2.18. The summed E-state index contributed by atoms with van der Waals surface area (Å²) >= 11 is 1.42. The van der Waals surface area contributed by atoms with Gasteiger partial charge in [0.25, 0.3) is 0 Å². The summed E-state index contributed by atoms with van der Waals surface area (Å²) in [7, 11) is 0. The number of thioether (sulfide) groups is 1. The van der Waals surface area contributed by atoms with E-state index in [9.17, 15) is 18.0 Å². The van der Waals surface area contributed by atoms with Crippen LogP contribution < -0.4 is 0 Å². The molecule has 1 aliphatic heterocycles. The highest BCUT2D eigenvalue weighted by molar-refractivity contribution is 8.06. The summed E-state index contributed by atoms with van der Waals surface area (Å²) in [6.07, 6.45) is -1.01. The second-order valence-corrected chi connectivity index (χ2v) is 6.20. The molecule has 1 aromatic carbocycles. The molecule has 6 heteroatoms. The molecular formula is C17H18F3NOS. The largest absolute Gasteiger partial charge is 0.416 e. The summed E-state index contributed by atoms with van der Waals surface area (Å²) in [5.74, 6) is -0.414. The quantitative estimate of drug-likeness (QED) is 0.525. The Balaban J connectivity index is 2.21. The third-order valence-corrected chi connectivity index (χ3v) is 4.54. The lowest BCUT2D eigenvalue weighted by Gasteiger charge is -2.21. The van der Waals surface area contributed by atoms with E-state index in [-0.39, 0.29) is 5.56 Å². The van der Waals surface area contributed by atoms with Crippen LogP contribution in [0.15, 0.2) is 46.5 Å². The van der Waals surface area contributed by atoms with Crippen LogP contribution in [0.3, 0.4) is 0 Å². The summed E-state index contributed by atoms with van der Waals surface area (Å²) in [5, 5.41) is 2.71. The number of halogens is 3. The number of ketones is 1. The van der Waals surface area contributed by atoms with Gasteiger partial charge in [0, 0.05) is 23.9 Å². The van der Waals surface area contributed by atoms with Gasteiger partial charge in [-0.05, 0) is 30.9 Å². The monoisotopic (exact) mass is 341 g/mol. The SMILES string of the molecule is CCCCN1C(C)=CS/C1=C\C(=O)c1cccc(C(F)(F)F)c1. The van der Waals surface area contributed by atoms with Crippen molar-refractivity contribution in [2.24, 2.45) is 0 Å². The average Bonchev–Trinajstić information content (AvgIpc) is 2.84. The second-order valence-electron chi connectivity index (χ2n) is 5.31. The minimum Gasteiger partial charge on any atom is -0.339 e. The van der Waals surface area contributed by atoms with Crippen molar-refractivity contribution in [1.82, 2.24) is 4.90 Å². The topological polar surface area (TPSA) is 20.3 Å². The molecule has 0 unspecified atom stereocenters. The average molecular weight is 341 g/mol. The number of carbonyl (C=O) groups is 1. The first-order chi connectivity index (χ1) is 10.8. The van der Waals surface area contributed by atoms with E-state index in [0.29, 0.717) is 0 Å². The minimum absolute atomic E-state index is 0.0490. The molecule has 0 radical (unpaired) electrons. The van der Waals surface area contributed by atoms with Crippen molar-refractivity contribution < 1.29 is 18.0 Å². The van der Waals surface area contributed by atoms with Crippen LogP contribution in [-0.2, 0) is 6.18 Å². The highest BCUT2D eigenvalue weighted by atomic mass is 32.2. The van der Waals surface area contributed by atoms with Gasteiger partial charge in [0.15, 0.2) is 5.78 Å². The van der Waals surface area contributed by atoms with Crippen molar-refractivity contribution in [3.05, 3.63) is 57.6 Å². The molecule has 0 bridgehead atoms. The lowest BCUT2D eigenvalue weighted by atomic mass is 10.1. The predicted octanol–water partition coefficient (Wildman–Crippen LogP) is 5.44. The summed E-state index contributed by atoms with van der Waals surface area (Å²) < 4.78 is 38.2. The van der Waals surface area contributed by atoms with Gasteiger partial charge < -0.3 is 4.90 Å². The molecule has 2 nitrogen and oxygen atoms in total. The smallest absolute Gasteiger partial charge is 0.339 e. The molecule has 1 heterocycles. The molecule has 0 amide bonds. The van der Waals surface area contributed by atoms with Crippen LogP contribution in [0.2, 0.25) is 0 Å². The van der Waals surface area contributed by atoms with Gasteiger partial charge in [-0.1, -0.05) is 37.2 Å². The molecule has 2 rings (SSSR count). The van der Waals surface area contributed by atoms with Crippen LogP contribution in [0.5, 0.6) is 0 Å². The van der Waals surface area contributed by atoms with Crippen LogP contribution in [0.25, 0.3) is 0 Å². The maximum Gasteiger partial charge on any atom is 0.416 e. The number of hydrogen-bond acceptors (Lipinski definition) is 3. The van der Waals surface area contributed by atoms with Gasteiger partial charge in [-0.3, -0.25) is 4.79 Å². The maximum atomic E-state index is 12.7. The van der Waals surface area contributed by atoms with E-state index in [1.54, 1.807) is 0 Å². The first kappa shape index (κ1) is 17.7. The zero-order valence-electron chi connectivity index (χ0n) is 13.0. The number of hydrogen-bond donors (Lipinski definition) is 0. The molecule has 0 aliphatic carbocycles. The summed E-state index contributed by atoms with van der Waals surface area (Å²) in [5.41, 5.74) is 0.289. The number of carbonyl (C=O) groups excluding carboxylic acids is 1. The van der Waals surface area contributed by atoms with Crippen molar-refractivity contribution in [1.29, 1.82) is 0 Å². The van der Waals surface area contributed by atoms with E-state index in [2.05, 4.69) is 6.92 Å². The number of rotatable bonds is 5. The first-order valence-electron chi connectivity index (χ1n) is 7.37. The van der Waals surface area contributed by atoms with Crippen molar-refractivity contribution in [3.8, 4) is 0 Å². The highest BCUT2D eigenvalue weighted by Crippen LogP contribution is 2.35. The van der Waals surface area contributed by atoms with Crippen molar-refractivity contribution >= 4 is 17.5 Å². The summed E-state index contributed by atoms with van der Waals surface area (Å²) in [6, 6.07) is 4.53. The molecule has 0 atom stereocenters. The van der Waals surface area contributed by atoms with Gasteiger partial charge >= 0.3 is 6.18 Å². The minimum atomic E-state index is -4.45. The Morgan fingerprint density at radius 3 is 2.74 bits per heavy atom. The number of alkyl halides is 3. The van der Waals surface area contributed by atoms with Crippen molar-refractivity contribution in [2.45, 2.75) is 32.9 Å². The van der Waals surface area contributed by atoms with E-state index in [0.717, 1.165) is 42.2 Å². The van der Waals surface area contributed by atoms with Crippen LogP contribution in [0, 0.1) is 0 Å². The molecule has 0 N–H and O–H groups in total. The molecule has 0 saturated carbocycles. The molecule has 124 valence electrons. The third kappa shape index (κ3) is 4.41. The third-order valence-electron chi connectivity index (χ3n) is 3.51. The molecule has 0 aromatic heterocycles. The molecule has 1 aromatic rings. The zero-order chi connectivity index (χ0) is 17.0. The van der Waals surface area contributed by atoms with E-state index in [4.69, 9.17) is 0 Å². The van der Waals surface area contributed by atoms with Crippen molar-refractivity contribution in [2.75, 3.05) is 6.54 Å². The Hall–Kier alpha value is -1.69. The van der Waals surface area contributed by atoms with E-state index in [1.165, 1.54) is 30.0 Å².